The molecule has 0 saturated carbocycles. The Kier molecular flexibility index (Phi) is 4.77. The van der Waals surface area contributed by atoms with Gasteiger partial charge in [-0.3, -0.25) is 4.79 Å². The van der Waals surface area contributed by atoms with Crippen molar-refractivity contribution in [2.45, 2.75) is 20.3 Å². The molecule has 0 spiro atoms. The summed E-state index contributed by atoms with van der Waals surface area (Å²) in [6.07, 6.45) is 0.456. The van der Waals surface area contributed by atoms with Gasteiger partial charge in [-0.05, 0) is 59.6 Å². The lowest BCUT2D eigenvalue weighted by molar-refractivity contribution is -0.117. The van der Waals surface area contributed by atoms with Gasteiger partial charge in [0.15, 0.2) is 0 Å². The Hall–Kier alpha value is -1.13. The van der Waals surface area contributed by atoms with Crippen LogP contribution in [0.5, 0.6) is 0 Å². The van der Waals surface area contributed by atoms with Crippen LogP contribution in [0.2, 0.25) is 0 Å². The quantitative estimate of drug-likeness (QED) is 0.808. The lowest BCUT2D eigenvalue weighted by Gasteiger charge is -2.21. The van der Waals surface area contributed by atoms with E-state index in [1.165, 1.54) is 5.56 Å². The third-order valence-corrected chi connectivity index (χ3v) is 4.51. The number of benzene rings is 1. The zero-order chi connectivity index (χ0) is 13.8. The van der Waals surface area contributed by atoms with Crippen molar-refractivity contribution in [2.24, 2.45) is 0 Å². The summed E-state index contributed by atoms with van der Waals surface area (Å²) in [7, 11) is 0. The van der Waals surface area contributed by atoms with Crippen LogP contribution in [-0.4, -0.2) is 12.5 Å². The van der Waals surface area contributed by atoms with Crippen LogP contribution in [0.25, 0.3) is 0 Å². The maximum absolute atomic E-state index is 12.4. The van der Waals surface area contributed by atoms with E-state index < -0.39 is 0 Å². The standard InChI is InChI=1S/C15H16BrNOS/c1-3-17(12-6-4-5-11(2)9-12)15(18)10-13-7-8-14(16)19-13/h4-9H,3,10H2,1-2H3. The molecule has 0 atom stereocenters. The highest BCUT2D eigenvalue weighted by Gasteiger charge is 2.15. The normalized spacial score (nSPS) is 10.5. The third-order valence-electron chi connectivity index (χ3n) is 2.88. The van der Waals surface area contributed by atoms with Gasteiger partial charge in [-0.25, -0.2) is 0 Å². The van der Waals surface area contributed by atoms with Crippen molar-refractivity contribution in [3.63, 3.8) is 0 Å². The molecule has 1 amide bonds. The maximum atomic E-state index is 12.4. The Balaban J connectivity index is 2.15. The Labute approximate surface area is 126 Å². The number of carbonyl (C=O) groups excluding carboxylic acids is 1. The van der Waals surface area contributed by atoms with Crippen molar-refractivity contribution in [1.82, 2.24) is 0 Å². The molecule has 2 rings (SSSR count). The SMILES string of the molecule is CCN(C(=O)Cc1ccc(Br)s1)c1cccc(C)c1. The van der Waals surface area contributed by atoms with Gasteiger partial charge in [0.25, 0.3) is 0 Å². The van der Waals surface area contributed by atoms with Gasteiger partial charge in [0.2, 0.25) is 5.91 Å². The minimum Gasteiger partial charge on any atom is -0.312 e. The second-order valence-corrected chi connectivity index (χ2v) is 6.91. The summed E-state index contributed by atoms with van der Waals surface area (Å²) < 4.78 is 1.06. The van der Waals surface area contributed by atoms with Crippen LogP contribution < -0.4 is 4.90 Å². The maximum Gasteiger partial charge on any atom is 0.232 e. The molecule has 0 N–H and O–H groups in total. The Morgan fingerprint density at radius 2 is 2.11 bits per heavy atom. The van der Waals surface area contributed by atoms with E-state index in [1.54, 1.807) is 11.3 Å². The highest BCUT2D eigenvalue weighted by Crippen LogP contribution is 2.24. The number of hydrogen-bond donors (Lipinski definition) is 0. The monoisotopic (exact) mass is 337 g/mol. The Bertz CT molecular complexity index is 579. The summed E-state index contributed by atoms with van der Waals surface area (Å²) in [6, 6.07) is 12.0. The molecule has 1 aromatic heterocycles. The van der Waals surface area contributed by atoms with Gasteiger partial charge in [-0.1, -0.05) is 12.1 Å². The number of halogens is 1. The number of amides is 1. The number of anilines is 1. The molecule has 2 aromatic rings. The van der Waals surface area contributed by atoms with E-state index >= 15 is 0 Å². The first kappa shape index (κ1) is 14.3. The molecule has 100 valence electrons. The van der Waals surface area contributed by atoms with E-state index in [9.17, 15) is 4.79 Å². The van der Waals surface area contributed by atoms with Gasteiger partial charge in [-0.15, -0.1) is 11.3 Å². The Morgan fingerprint density at radius 1 is 1.32 bits per heavy atom. The summed E-state index contributed by atoms with van der Waals surface area (Å²) in [5.74, 6) is 0.141. The topological polar surface area (TPSA) is 20.3 Å². The number of thiophene rings is 1. The van der Waals surface area contributed by atoms with Gasteiger partial charge in [0.1, 0.15) is 0 Å². The summed E-state index contributed by atoms with van der Waals surface area (Å²) in [5.41, 5.74) is 2.14. The zero-order valence-corrected chi connectivity index (χ0v) is 13.4. The van der Waals surface area contributed by atoms with E-state index in [-0.39, 0.29) is 5.91 Å². The Morgan fingerprint density at radius 3 is 2.68 bits per heavy atom. The number of likely N-dealkylation sites (N-methyl/N-ethyl adjacent to an activating group) is 1. The molecule has 1 heterocycles. The van der Waals surface area contributed by atoms with Crippen molar-refractivity contribution in [1.29, 1.82) is 0 Å². The van der Waals surface area contributed by atoms with Crippen molar-refractivity contribution in [3.05, 3.63) is 50.6 Å². The smallest absolute Gasteiger partial charge is 0.232 e. The minimum absolute atomic E-state index is 0.141. The summed E-state index contributed by atoms with van der Waals surface area (Å²) in [6.45, 7) is 4.73. The molecule has 2 nitrogen and oxygen atoms in total. The molecule has 0 bridgehead atoms. The minimum atomic E-state index is 0.141. The molecule has 0 aliphatic rings. The molecule has 0 aliphatic carbocycles. The van der Waals surface area contributed by atoms with Crippen molar-refractivity contribution in [3.8, 4) is 0 Å². The number of nitrogens with zero attached hydrogens (tertiary/aromatic N) is 1. The summed E-state index contributed by atoms with van der Waals surface area (Å²) in [5, 5.41) is 0. The van der Waals surface area contributed by atoms with E-state index in [2.05, 4.69) is 15.9 Å². The first-order chi connectivity index (χ1) is 9.10. The van der Waals surface area contributed by atoms with Crippen molar-refractivity contribution in [2.75, 3.05) is 11.4 Å². The highest BCUT2D eigenvalue weighted by molar-refractivity contribution is 9.11. The molecular formula is C15H16BrNOS. The van der Waals surface area contributed by atoms with Crippen LogP contribution >= 0.6 is 27.3 Å². The van der Waals surface area contributed by atoms with Crippen LogP contribution in [-0.2, 0) is 11.2 Å². The largest absolute Gasteiger partial charge is 0.312 e. The van der Waals surface area contributed by atoms with E-state index in [0.717, 1.165) is 14.4 Å². The number of carbonyl (C=O) groups is 1. The van der Waals surface area contributed by atoms with Crippen LogP contribution in [0, 0.1) is 6.92 Å². The first-order valence-corrected chi connectivity index (χ1v) is 7.82. The molecule has 0 aliphatic heterocycles. The fourth-order valence-electron chi connectivity index (χ4n) is 1.99. The van der Waals surface area contributed by atoms with Crippen LogP contribution in [0.3, 0.4) is 0 Å². The highest BCUT2D eigenvalue weighted by atomic mass is 79.9. The molecular weight excluding hydrogens is 322 g/mol. The van der Waals surface area contributed by atoms with E-state index in [1.807, 2.05) is 55.1 Å². The van der Waals surface area contributed by atoms with Gasteiger partial charge < -0.3 is 4.90 Å². The van der Waals surface area contributed by atoms with E-state index in [4.69, 9.17) is 0 Å². The second-order valence-electron chi connectivity index (χ2n) is 4.36. The lowest BCUT2D eigenvalue weighted by atomic mass is 10.2. The summed E-state index contributed by atoms with van der Waals surface area (Å²) >= 11 is 5.04. The number of hydrogen-bond acceptors (Lipinski definition) is 2. The third kappa shape index (κ3) is 3.67. The van der Waals surface area contributed by atoms with Gasteiger partial charge >= 0.3 is 0 Å². The molecule has 4 heteroatoms. The predicted octanol–water partition coefficient (Wildman–Crippen LogP) is 4.41. The predicted molar refractivity (Wildman–Crippen MR) is 84.9 cm³/mol. The lowest BCUT2D eigenvalue weighted by Crippen LogP contribution is -2.31. The van der Waals surface area contributed by atoms with Crippen molar-refractivity contribution < 1.29 is 4.79 Å². The molecule has 0 radical (unpaired) electrons. The molecule has 0 fully saturated rings. The van der Waals surface area contributed by atoms with Crippen LogP contribution in [0.4, 0.5) is 5.69 Å². The average molecular weight is 338 g/mol. The molecule has 19 heavy (non-hydrogen) atoms. The summed E-state index contributed by atoms with van der Waals surface area (Å²) in [4.78, 5) is 15.3. The van der Waals surface area contributed by atoms with Gasteiger partial charge in [0.05, 0.1) is 10.2 Å². The average Bonchev–Trinajstić information content (AvgIpc) is 2.75. The molecule has 0 unspecified atom stereocenters. The zero-order valence-electron chi connectivity index (χ0n) is 11.0. The fourth-order valence-corrected chi connectivity index (χ4v) is 3.46. The first-order valence-electron chi connectivity index (χ1n) is 6.21. The van der Waals surface area contributed by atoms with Crippen molar-refractivity contribution >= 4 is 38.9 Å². The van der Waals surface area contributed by atoms with Gasteiger partial charge in [-0.2, -0.15) is 0 Å². The number of rotatable bonds is 4. The molecule has 1 aromatic carbocycles. The molecule has 0 saturated heterocycles. The fraction of sp³-hybridized carbons (Fsp3) is 0.267. The van der Waals surface area contributed by atoms with E-state index in [0.29, 0.717) is 13.0 Å². The van der Waals surface area contributed by atoms with Crippen LogP contribution in [0.15, 0.2) is 40.2 Å². The second kappa shape index (κ2) is 6.35. The van der Waals surface area contributed by atoms with Crippen LogP contribution in [0.1, 0.15) is 17.4 Å². The van der Waals surface area contributed by atoms with Gasteiger partial charge in [0, 0.05) is 17.1 Å². The number of aryl methyl sites for hydroxylation is 1.